The molecule has 2 aromatic carbocycles. The summed E-state index contributed by atoms with van der Waals surface area (Å²) in [6, 6.07) is 15.7. The van der Waals surface area contributed by atoms with Crippen molar-refractivity contribution in [3.8, 4) is 5.69 Å². The first-order valence-electron chi connectivity index (χ1n) is 10.1. The van der Waals surface area contributed by atoms with Crippen LogP contribution in [0.15, 0.2) is 72.0 Å². The Labute approximate surface area is 192 Å². The zero-order chi connectivity index (χ0) is 23.1. The Hall–Kier alpha value is -4.24. The van der Waals surface area contributed by atoms with Crippen molar-refractivity contribution in [2.45, 2.75) is 13.0 Å². The number of carbonyl (C=O) groups is 1. The number of nitrogens with two attached hydrogens (primary N) is 1. The molecule has 10 heteroatoms. The Morgan fingerprint density at radius 1 is 1.15 bits per heavy atom. The Morgan fingerprint density at radius 3 is 2.73 bits per heavy atom. The fraction of sp³-hybridized carbons (Fsp3) is 0.0870. The first kappa shape index (κ1) is 20.7. The number of hydrogen-bond donors (Lipinski definition) is 2. The highest BCUT2D eigenvalue weighted by molar-refractivity contribution is 6.35. The first-order chi connectivity index (χ1) is 16.0. The summed E-state index contributed by atoms with van der Waals surface area (Å²) in [6.07, 6.45) is 2.73. The van der Waals surface area contributed by atoms with Crippen molar-refractivity contribution < 1.29 is 4.79 Å². The van der Waals surface area contributed by atoms with Crippen LogP contribution in [0.2, 0.25) is 5.02 Å². The number of rotatable bonds is 4. The van der Waals surface area contributed by atoms with Gasteiger partial charge in [0.2, 0.25) is 0 Å². The zero-order valence-electron chi connectivity index (χ0n) is 17.4. The van der Waals surface area contributed by atoms with Crippen molar-refractivity contribution in [1.29, 1.82) is 0 Å². The standard InChI is InChI=1S/C23H18ClN7O2/c1-13(28-22(32)19-20(25)29-30-12-26-11-27-21(19)30)17-10-14-6-5-9-16(24)18(14)23(33)31(17)15-7-3-2-4-8-15/h2-13H,1H3,(H2,25,29)(H,28,32)/t13-/m0/s1. The van der Waals surface area contributed by atoms with Gasteiger partial charge in [0, 0.05) is 11.4 Å². The monoisotopic (exact) mass is 459 g/mol. The summed E-state index contributed by atoms with van der Waals surface area (Å²) in [4.78, 5) is 34.7. The fourth-order valence-corrected chi connectivity index (χ4v) is 4.15. The molecule has 1 amide bonds. The molecule has 0 unspecified atom stereocenters. The molecule has 0 aliphatic heterocycles. The summed E-state index contributed by atoms with van der Waals surface area (Å²) < 4.78 is 2.90. The lowest BCUT2D eigenvalue weighted by atomic mass is 10.1. The number of nitrogens with one attached hydrogen (secondary N) is 1. The lowest BCUT2D eigenvalue weighted by Crippen LogP contribution is -2.32. The smallest absolute Gasteiger partial charge is 0.264 e. The topological polar surface area (TPSA) is 120 Å². The Morgan fingerprint density at radius 2 is 1.94 bits per heavy atom. The number of carbonyl (C=O) groups excluding carboxylic acids is 1. The van der Waals surface area contributed by atoms with Gasteiger partial charge in [0.25, 0.3) is 11.5 Å². The molecule has 5 aromatic rings. The maximum Gasteiger partial charge on any atom is 0.264 e. The average molecular weight is 460 g/mol. The van der Waals surface area contributed by atoms with Crippen molar-refractivity contribution in [2.75, 3.05) is 5.73 Å². The molecule has 0 saturated carbocycles. The van der Waals surface area contributed by atoms with Crippen LogP contribution in [0.5, 0.6) is 0 Å². The van der Waals surface area contributed by atoms with Gasteiger partial charge in [-0.05, 0) is 36.6 Å². The minimum atomic E-state index is -0.565. The number of pyridine rings is 1. The summed E-state index contributed by atoms with van der Waals surface area (Å²) in [5.74, 6) is -0.433. The Balaban J connectivity index is 1.64. The van der Waals surface area contributed by atoms with Crippen molar-refractivity contribution in [2.24, 2.45) is 0 Å². The van der Waals surface area contributed by atoms with Crippen LogP contribution >= 0.6 is 11.6 Å². The van der Waals surface area contributed by atoms with Gasteiger partial charge in [-0.3, -0.25) is 14.2 Å². The van der Waals surface area contributed by atoms with E-state index in [-0.39, 0.29) is 22.6 Å². The molecular formula is C23H18ClN7O2. The van der Waals surface area contributed by atoms with Crippen LogP contribution in [0.25, 0.3) is 22.1 Å². The summed E-state index contributed by atoms with van der Waals surface area (Å²) in [7, 11) is 0. The van der Waals surface area contributed by atoms with Crippen LogP contribution in [-0.2, 0) is 0 Å². The largest absolute Gasteiger partial charge is 0.381 e. The van der Waals surface area contributed by atoms with Crippen molar-refractivity contribution in [3.05, 3.63) is 93.9 Å². The molecule has 0 spiro atoms. The van der Waals surface area contributed by atoms with Gasteiger partial charge in [-0.15, -0.1) is 5.10 Å². The molecule has 3 heterocycles. The number of nitrogen functional groups attached to an aromatic ring is 1. The zero-order valence-corrected chi connectivity index (χ0v) is 18.2. The molecule has 0 bridgehead atoms. The first-order valence-corrected chi connectivity index (χ1v) is 10.5. The van der Waals surface area contributed by atoms with Crippen LogP contribution < -0.4 is 16.6 Å². The van der Waals surface area contributed by atoms with E-state index < -0.39 is 11.9 Å². The number of fused-ring (bicyclic) bond motifs is 2. The van der Waals surface area contributed by atoms with Gasteiger partial charge in [0.05, 0.1) is 16.5 Å². The molecule has 0 aliphatic rings. The third-order valence-corrected chi connectivity index (χ3v) is 5.71. The molecule has 5 rings (SSSR count). The molecule has 33 heavy (non-hydrogen) atoms. The Bertz CT molecular complexity index is 1580. The molecule has 3 N–H and O–H groups in total. The van der Waals surface area contributed by atoms with E-state index in [0.717, 1.165) is 0 Å². The molecular weight excluding hydrogens is 442 g/mol. The van der Waals surface area contributed by atoms with Crippen LogP contribution in [0.1, 0.15) is 29.0 Å². The van der Waals surface area contributed by atoms with Gasteiger partial charge in [-0.25, -0.2) is 14.5 Å². The van der Waals surface area contributed by atoms with E-state index in [0.29, 0.717) is 27.2 Å². The highest BCUT2D eigenvalue weighted by atomic mass is 35.5. The summed E-state index contributed by atoms with van der Waals surface area (Å²) >= 11 is 6.36. The van der Waals surface area contributed by atoms with Gasteiger partial charge in [0.15, 0.2) is 11.5 Å². The predicted molar refractivity (Wildman–Crippen MR) is 126 cm³/mol. The van der Waals surface area contributed by atoms with Crippen LogP contribution in [0, 0.1) is 0 Å². The highest BCUT2D eigenvalue weighted by Gasteiger charge is 2.24. The SMILES string of the molecule is C[C@H](NC(=O)c1c(N)nn2cncnc12)c1cc2cccc(Cl)c2c(=O)n1-c1ccccc1. The number of anilines is 1. The molecule has 9 nitrogen and oxygen atoms in total. The summed E-state index contributed by atoms with van der Waals surface area (Å²) in [6.45, 7) is 1.79. The number of benzene rings is 2. The van der Waals surface area contributed by atoms with Gasteiger partial charge >= 0.3 is 0 Å². The second-order valence-electron chi connectivity index (χ2n) is 7.48. The maximum absolute atomic E-state index is 13.5. The van der Waals surface area contributed by atoms with E-state index in [2.05, 4.69) is 20.4 Å². The number of para-hydroxylation sites is 1. The molecule has 0 fully saturated rings. The molecule has 0 radical (unpaired) electrons. The fourth-order valence-electron chi connectivity index (χ4n) is 3.89. The van der Waals surface area contributed by atoms with Crippen LogP contribution in [0.4, 0.5) is 5.82 Å². The minimum Gasteiger partial charge on any atom is -0.381 e. The minimum absolute atomic E-state index is 0.0333. The lowest BCUT2D eigenvalue weighted by Gasteiger charge is -2.21. The molecule has 0 aliphatic carbocycles. The number of hydrogen-bond acceptors (Lipinski definition) is 6. The second kappa shape index (κ2) is 8.03. The van der Waals surface area contributed by atoms with Gasteiger partial charge < -0.3 is 11.1 Å². The van der Waals surface area contributed by atoms with Gasteiger partial charge in [0.1, 0.15) is 18.2 Å². The van der Waals surface area contributed by atoms with E-state index in [1.54, 1.807) is 23.6 Å². The number of halogens is 1. The van der Waals surface area contributed by atoms with Crippen LogP contribution in [0.3, 0.4) is 0 Å². The van der Waals surface area contributed by atoms with E-state index in [9.17, 15) is 9.59 Å². The van der Waals surface area contributed by atoms with Crippen molar-refractivity contribution in [1.82, 2.24) is 29.5 Å². The average Bonchev–Trinajstić information content (AvgIpc) is 3.15. The number of nitrogens with zero attached hydrogens (tertiary/aromatic N) is 5. The molecule has 3 aromatic heterocycles. The van der Waals surface area contributed by atoms with Gasteiger partial charge in [-0.1, -0.05) is 41.9 Å². The summed E-state index contributed by atoms with van der Waals surface area (Å²) in [5, 5.41) is 8.46. The molecule has 1 atom stereocenters. The number of aromatic nitrogens is 5. The predicted octanol–water partition coefficient (Wildman–Crippen LogP) is 3.16. The maximum atomic E-state index is 13.5. The van der Waals surface area contributed by atoms with E-state index >= 15 is 0 Å². The third-order valence-electron chi connectivity index (χ3n) is 5.39. The van der Waals surface area contributed by atoms with Crippen molar-refractivity contribution >= 4 is 39.7 Å². The van der Waals surface area contributed by atoms with E-state index in [4.69, 9.17) is 17.3 Å². The van der Waals surface area contributed by atoms with Gasteiger partial charge in [-0.2, -0.15) is 0 Å². The van der Waals surface area contributed by atoms with E-state index in [1.807, 2.05) is 42.5 Å². The summed E-state index contributed by atoms with van der Waals surface area (Å²) in [5.41, 5.74) is 7.37. The molecule has 164 valence electrons. The number of amides is 1. The van der Waals surface area contributed by atoms with Crippen molar-refractivity contribution in [3.63, 3.8) is 0 Å². The lowest BCUT2D eigenvalue weighted by molar-refractivity contribution is 0.0941. The Kier molecular flexibility index (Phi) is 5.02. The molecule has 0 saturated heterocycles. The second-order valence-corrected chi connectivity index (χ2v) is 7.89. The third kappa shape index (κ3) is 3.48. The normalized spacial score (nSPS) is 12.2. The quantitative estimate of drug-likeness (QED) is 0.426. The van der Waals surface area contributed by atoms with E-state index in [1.165, 1.54) is 17.2 Å². The highest BCUT2D eigenvalue weighted by Crippen LogP contribution is 2.26. The van der Waals surface area contributed by atoms with Crippen LogP contribution in [-0.4, -0.2) is 30.1 Å².